The predicted octanol–water partition coefficient (Wildman–Crippen LogP) is 1.95. The topological polar surface area (TPSA) is 49.5 Å². The van der Waals surface area contributed by atoms with Crippen LogP contribution in [-0.4, -0.2) is 35.7 Å². The highest BCUT2D eigenvalue weighted by Crippen LogP contribution is 2.26. The van der Waals surface area contributed by atoms with Crippen LogP contribution >= 0.6 is 0 Å². The third kappa shape index (κ3) is 3.35. The number of aliphatic hydroxyl groups excluding tert-OH is 1. The van der Waals surface area contributed by atoms with Gasteiger partial charge in [0.2, 0.25) is 0 Å². The Labute approximate surface area is 116 Å². The molecule has 1 aromatic rings. The second-order valence-electron chi connectivity index (χ2n) is 6.13. The van der Waals surface area contributed by atoms with Gasteiger partial charge in [-0.25, -0.2) is 0 Å². The summed E-state index contributed by atoms with van der Waals surface area (Å²) >= 11 is 0. The molecule has 3 heteroatoms. The summed E-state index contributed by atoms with van der Waals surface area (Å²) in [6, 6.07) is 10.5. The van der Waals surface area contributed by atoms with Crippen LogP contribution in [0.25, 0.3) is 0 Å². The predicted molar refractivity (Wildman–Crippen MR) is 78.8 cm³/mol. The Bertz CT molecular complexity index is 395. The Morgan fingerprint density at radius 1 is 1.32 bits per heavy atom. The molecule has 1 saturated heterocycles. The van der Waals surface area contributed by atoms with E-state index in [9.17, 15) is 5.11 Å². The van der Waals surface area contributed by atoms with E-state index in [0.717, 1.165) is 24.6 Å². The summed E-state index contributed by atoms with van der Waals surface area (Å²) in [7, 11) is 0. The van der Waals surface area contributed by atoms with Gasteiger partial charge in [0.05, 0.1) is 12.1 Å². The maximum atomic E-state index is 9.76. The van der Waals surface area contributed by atoms with E-state index in [1.807, 2.05) is 30.3 Å². The van der Waals surface area contributed by atoms with Gasteiger partial charge in [-0.05, 0) is 37.8 Å². The molecule has 1 aliphatic heterocycles. The van der Waals surface area contributed by atoms with Crippen molar-refractivity contribution in [1.82, 2.24) is 4.90 Å². The highest BCUT2D eigenvalue weighted by atomic mass is 16.3. The lowest BCUT2D eigenvalue weighted by atomic mass is 9.87. The van der Waals surface area contributed by atoms with Gasteiger partial charge in [-0.2, -0.15) is 0 Å². The zero-order chi connectivity index (χ0) is 13.9. The van der Waals surface area contributed by atoms with E-state index >= 15 is 0 Å². The Morgan fingerprint density at radius 2 is 2.00 bits per heavy atom. The van der Waals surface area contributed by atoms with Gasteiger partial charge in [0, 0.05) is 12.6 Å². The lowest BCUT2D eigenvalue weighted by Crippen LogP contribution is -2.54. The van der Waals surface area contributed by atoms with Crippen LogP contribution in [0.1, 0.15) is 32.3 Å². The Hall–Kier alpha value is -0.900. The zero-order valence-electron chi connectivity index (χ0n) is 12.0. The van der Waals surface area contributed by atoms with Crippen molar-refractivity contribution in [2.24, 2.45) is 11.7 Å². The van der Waals surface area contributed by atoms with E-state index in [1.54, 1.807) is 0 Å². The largest absolute Gasteiger partial charge is 0.394 e. The molecule has 106 valence electrons. The molecule has 1 aromatic carbocycles. The average Bonchev–Trinajstić information content (AvgIpc) is 2.43. The lowest BCUT2D eigenvalue weighted by molar-refractivity contribution is 0.0749. The average molecular weight is 262 g/mol. The molecule has 0 aliphatic carbocycles. The molecule has 0 saturated carbocycles. The van der Waals surface area contributed by atoms with Gasteiger partial charge in [-0.15, -0.1) is 0 Å². The molecule has 0 spiro atoms. The highest BCUT2D eigenvalue weighted by Gasteiger charge is 2.33. The maximum absolute atomic E-state index is 9.76. The molecule has 1 fully saturated rings. The number of aliphatic hydroxyl groups is 1. The van der Waals surface area contributed by atoms with Gasteiger partial charge < -0.3 is 10.8 Å². The molecule has 0 amide bonds. The van der Waals surface area contributed by atoms with Gasteiger partial charge in [0.15, 0.2) is 0 Å². The number of nitrogens with two attached hydrogens (primary N) is 1. The van der Waals surface area contributed by atoms with Crippen LogP contribution in [0.4, 0.5) is 0 Å². The molecule has 0 aromatic heterocycles. The van der Waals surface area contributed by atoms with E-state index in [1.165, 1.54) is 12.8 Å². The molecule has 19 heavy (non-hydrogen) atoms. The van der Waals surface area contributed by atoms with Crippen LogP contribution in [0.15, 0.2) is 30.3 Å². The summed E-state index contributed by atoms with van der Waals surface area (Å²) in [4.78, 5) is 2.42. The van der Waals surface area contributed by atoms with Crippen LogP contribution in [0.2, 0.25) is 0 Å². The summed E-state index contributed by atoms with van der Waals surface area (Å²) < 4.78 is 0. The van der Waals surface area contributed by atoms with Crippen molar-refractivity contribution < 1.29 is 5.11 Å². The number of rotatable bonds is 4. The van der Waals surface area contributed by atoms with Gasteiger partial charge in [-0.3, -0.25) is 4.90 Å². The van der Waals surface area contributed by atoms with Gasteiger partial charge >= 0.3 is 0 Å². The number of benzene rings is 1. The van der Waals surface area contributed by atoms with Crippen molar-refractivity contribution in [3.63, 3.8) is 0 Å². The van der Waals surface area contributed by atoms with Crippen molar-refractivity contribution in [2.75, 3.05) is 19.7 Å². The molecule has 3 nitrogen and oxygen atoms in total. The van der Waals surface area contributed by atoms with Crippen LogP contribution in [-0.2, 0) is 5.54 Å². The number of nitrogens with zero attached hydrogens (tertiary/aromatic N) is 1. The molecule has 1 heterocycles. The SMILES string of the molecule is CC1CCN(CC(N)(CO)c2ccccc2)C(C)C1. The van der Waals surface area contributed by atoms with Crippen LogP contribution < -0.4 is 5.73 Å². The smallest absolute Gasteiger partial charge is 0.0773 e. The third-order valence-corrected chi connectivity index (χ3v) is 4.39. The highest BCUT2D eigenvalue weighted by molar-refractivity contribution is 5.24. The minimum atomic E-state index is -0.657. The van der Waals surface area contributed by atoms with Gasteiger partial charge in [0.1, 0.15) is 0 Å². The first kappa shape index (κ1) is 14.5. The van der Waals surface area contributed by atoms with Crippen molar-refractivity contribution in [1.29, 1.82) is 0 Å². The molecule has 1 aliphatic rings. The molecular formula is C16H26N2O. The quantitative estimate of drug-likeness (QED) is 0.872. The Kier molecular flexibility index (Phi) is 4.61. The van der Waals surface area contributed by atoms with Crippen LogP contribution in [0.5, 0.6) is 0 Å². The van der Waals surface area contributed by atoms with Crippen molar-refractivity contribution in [3.05, 3.63) is 35.9 Å². The number of hydrogen-bond donors (Lipinski definition) is 2. The second kappa shape index (κ2) is 6.04. The first-order valence-electron chi connectivity index (χ1n) is 7.24. The summed E-state index contributed by atoms with van der Waals surface area (Å²) in [5.74, 6) is 0.796. The van der Waals surface area contributed by atoms with E-state index in [0.29, 0.717) is 6.04 Å². The fourth-order valence-electron chi connectivity index (χ4n) is 3.06. The second-order valence-corrected chi connectivity index (χ2v) is 6.13. The van der Waals surface area contributed by atoms with E-state index in [-0.39, 0.29) is 6.61 Å². The standard InChI is InChI=1S/C16H26N2O/c1-13-8-9-18(14(2)10-13)11-16(17,12-19)15-6-4-3-5-7-15/h3-7,13-14,19H,8-12,17H2,1-2H3. The molecular weight excluding hydrogens is 236 g/mol. The van der Waals surface area contributed by atoms with E-state index in [2.05, 4.69) is 18.7 Å². The fourth-order valence-corrected chi connectivity index (χ4v) is 3.06. The number of likely N-dealkylation sites (tertiary alicyclic amines) is 1. The van der Waals surface area contributed by atoms with Crippen molar-refractivity contribution in [2.45, 2.75) is 38.3 Å². The number of piperidine rings is 1. The summed E-state index contributed by atoms with van der Waals surface area (Å²) in [6.45, 7) is 6.36. The van der Waals surface area contributed by atoms with Crippen LogP contribution in [0.3, 0.4) is 0 Å². The molecule has 2 rings (SSSR count). The molecule has 3 unspecified atom stereocenters. The first-order valence-corrected chi connectivity index (χ1v) is 7.24. The Morgan fingerprint density at radius 3 is 2.58 bits per heavy atom. The first-order chi connectivity index (χ1) is 9.05. The normalized spacial score (nSPS) is 28.0. The zero-order valence-corrected chi connectivity index (χ0v) is 12.0. The summed E-state index contributed by atoms with van der Waals surface area (Å²) in [6.07, 6.45) is 2.44. The lowest BCUT2D eigenvalue weighted by Gasteiger charge is -2.41. The molecule has 3 atom stereocenters. The number of hydrogen-bond acceptors (Lipinski definition) is 3. The van der Waals surface area contributed by atoms with Crippen molar-refractivity contribution >= 4 is 0 Å². The molecule has 3 N–H and O–H groups in total. The van der Waals surface area contributed by atoms with E-state index < -0.39 is 5.54 Å². The molecule has 0 radical (unpaired) electrons. The minimum absolute atomic E-state index is 0.0181. The maximum Gasteiger partial charge on any atom is 0.0773 e. The summed E-state index contributed by atoms with van der Waals surface area (Å²) in [5, 5.41) is 9.76. The van der Waals surface area contributed by atoms with Gasteiger partial charge in [0.25, 0.3) is 0 Å². The fraction of sp³-hybridized carbons (Fsp3) is 0.625. The third-order valence-electron chi connectivity index (χ3n) is 4.39. The van der Waals surface area contributed by atoms with Crippen LogP contribution in [0, 0.1) is 5.92 Å². The van der Waals surface area contributed by atoms with E-state index in [4.69, 9.17) is 5.73 Å². The Balaban J connectivity index is 2.10. The monoisotopic (exact) mass is 262 g/mol. The van der Waals surface area contributed by atoms with Crippen molar-refractivity contribution in [3.8, 4) is 0 Å². The minimum Gasteiger partial charge on any atom is -0.394 e. The van der Waals surface area contributed by atoms with Gasteiger partial charge in [-0.1, -0.05) is 37.3 Å². The summed E-state index contributed by atoms with van der Waals surface area (Å²) in [5.41, 5.74) is 6.81. The molecule has 0 bridgehead atoms.